The Morgan fingerprint density at radius 2 is 1.92 bits per heavy atom. The highest BCUT2D eigenvalue weighted by Gasteiger charge is 2.37. The van der Waals surface area contributed by atoms with Crippen LogP contribution < -0.4 is 4.74 Å². The first-order valence-electron chi connectivity index (χ1n) is 13.2. The van der Waals surface area contributed by atoms with Crippen LogP contribution in [0.5, 0.6) is 5.75 Å². The predicted molar refractivity (Wildman–Crippen MR) is 147 cm³/mol. The number of pyridine rings is 1. The summed E-state index contributed by atoms with van der Waals surface area (Å²) in [5, 5.41) is 22.1. The molecule has 0 radical (unpaired) electrons. The quantitative estimate of drug-likeness (QED) is 0.271. The summed E-state index contributed by atoms with van der Waals surface area (Å²) < 4.78 is 5.36. The van der Waals surface area contributed by atoms with E-state index in [-0.39, 0.29) is 11.8 Å². The number of carboxylic acid groups (broad SMARTS) is 1. The first kappa shape index (κ1) is 27.4. The van der Waals surface area contributed by atoms with Gasteiger partial charge in [-0.15, -0.1) is 0 Å². The van der Waals surface area contributed by atoms with Gasteiger partial charge in [-0.25, -0.2) is 0 Å². The number of aliphatic hydroxyl groups is 1. The zero-order chi connectivity index (χ0) is 26.3. The largest absolute Gasteiger partial charge is 0.497 e. The molecule has 0 spiro atoms. The van der Waals surface area contributed by atoms with Gasteiger partial charge in [0.05, 0.1) is 30.2 Å². The number of piperidine rings is 1. The second-order valence-corrected chi connectivity index (χ2v) is 10.7. The molecule has 37 heavy (non-hydrogen) atoms. The summed E-state index contributed by atoms with van der Waals surface area (Å²) in [6.07, 6.45) is 6.98. The smallest absolute Gasteiger partial charge is 0.303 e. The van der Waals surface area contributed by atoms with Crippen LogP contribution in [0.15, 0.2) is 54.7 Å². The number of aromatic nitrogens is 1. The summed E-state index contributed by atoms with van der Waals surface area (Å²) in [4.78, 5) is 18.6. The lowest BCUT2D eigenvalue weighted by atomic mass is 9.71. The van der Waals surface area contributed by atoms with Crippen molar-refractivity contribution < 1.29 is 19.7 Å². The number of hydrogen-bond acceptors (Lipinski definition) is 5. The third-order valence-electron chi connectivity index (χ3n) is 7.83. The Bertz CT molecular complexity index is 1180. The second-order valence-electron chi connectivity index (χ2n) is 10.3. The first-order chi connectivity index (χ1) is 17.9. The number of ether oxygens (including phenoxy) is 1. The molecule has 2 N–H and O–H groups in total. The van der Waals surface area contributed by atoms with Gasteiger partial charge in [-0.2, -0.15) is 0 Å². The molecule has 1 aliphatic rings. The van der Waals surface area contributed by atoms with Gasteiger partial charge in [0.2, 0.25) is 0 Å². The number of aliphatic hydroxyl groups excluding tert-OH is 1. The molecule has 1 fully saturated rings. The number of rotatable bonds is 12. The molecule has 1 aromatic heterocycles. The average Bonchev–Trinajstić information content (AvgIpc) is 2.90. The highest BCUT2D eigenvalue weighted by molar-refractivity contribution is 6.32. The summed E-state index contributed by atoms with van der Waals surface area (Å²) in [7, 11) is 1.60. The number of halogens is 1. The van der Waals surface area contributed by atoms with Crippen LogP contribution in [-0.2, 0) is 11.2 Å². The number of fused-ring (bicyclic) bond motifs is 1. The molecule has 1 atom stereocenters. The zero-order valence-corrected chi connectivity index (χ0v) is 22.3. The molecule has 198 valence electrons. The standard InChI is InChI=1S/C30H37ClN2O4/c1-37-23-10-11-26-24(19-23)29(25(31)21-32-26)27(34)12-13-30(20-28(35)36)14-17-33(18-15-30)16-6-5-9-22-7-3-2-4-8-22/h2-4,7-8,10-11,19,21,27,34H,5-6,9,12-18,20H2,1H3,(H,35,36). The van der Waals surface area contributed by atoms with E-state index < -0.39 is 12.1 Å². The zero-order valence-electron chi connectivity index (χ0n) is 21.5. The summed E-state index contributed by atoms with van der Waals surface area (Å²) >= 11 is 6.49. The molecular formula is C30H37ClN2O4. The fourth-order valence-corrected chi connectivity index (χ4v) is 5.89. The van der Waals surface area contributed by atoms with Crippen molar-refractivity contribution in [3.05, 3.63) is 70.9 Å². The van der Waals surface area contributed by atoms with Gasteiger partial charge in [-0.1, -0.05) is 41.9 Å². The maximum Gasteiger partial charge on any atom is 0.303 e. The van der Waals surface area contributed by atoms with Gasteiger partial charge < -0.3 is 19.8 Å². The van der Waals surface area contributed by atoms with E-state index in [2.05, 4.69) is 34.1 Å². The molecule has 1 saturated heterocycles. The highest BCUT2D eigenvalue weighted by atomic mass is 35.5. The van der Waals surface area contributed by atoms with Crippen molar-refractivity contribution in [3.63, 3.8) is 0 Å². The number of unbranched alkanes of at least 4 members (excludes halogenated alkanes) is 1. The molecule has 2 aromatic carbocycles. The summed E-state index contributed by atoms with van der Waals surface area (Å²) in [5.74, 6) is -0.105. The van der Waals surface area contributed by atoms with Crippen LogP contribution in [0.2, 0.25) is 5.02 Å². The Morgan fingerprint density at radius 1 is 1.16 bits per heavy atom. The first-order valence-corrected chi connectivity index (χ1v) is 13.6. The van der Waals surface area contributed by atoms with Crippen LogP contribution >= 0.6 is 11.6 Å². The third-order valence-corrected chi connectivity index (χ3v) is 8.13. The van der Waals surface area contributed by atoms with Crippen molar-refractivity contribution in [2.45, 2.75) is 57.5 Å². The van der Waals surface area contributed by atoms with E-state index in [0.717, 1.165) is 62.6 Å². The number of carbonyl (C=O) groups is 1. The molecular weight excluding hydrogens is 488 g/mol. The van der Waals surface area contributed by atoms with Gasteiger partial charge in [0.25, 0.3) is 0 Å². The number of nitrogens with zero attached hydrogens (tertiary/aromatic N) is 2. The molecule has 0 aliphatic carbocycles. The van der Waals surface area contributed by atoms with Crippen LogP contribution in [-0.4, -0.2) is 52.8 Å². The number of benzene rings is 2. The van der Waals surface area contributed by atoms with Crippen molar-refractivity contribution in [3.8, 4) is 5.75 Å². The van der Waals surface area contributed by atoms with Crippen LogP contribution in [0.25, 0.3) is 10.9 Å². The van der Waals surface area contributed by atoms with Crippen molar-refractivity contribution in [1.29, 1.82) is 0 Å². The minimum absolute atomic E-state index is 0.125. The average molecular weight is 525 g/mol. The van der Waals surface area contributed by atoms with Crippen molar-refractivity contribution >= 4 is 28.5 Å². The molecule has 3 aromatic rings. The number of likely N-dealkylation sites (tertiary alicyclic amines) is 1. The van der Waals surface area contributed by atoms with Gasteiger partial charge in [-0.05, 0) is 93.8 Å². The van der Waals surface area contributed by atoms with E-state index in [1.165, 1.54) is 5.56 Å². The second kappa shape index (κ2) is 12.7. The summed E-state index contributed by atoms with van der Waals surface area (Å²) in [6, 6.07) is 16.1. The Labute approximate surface area is 224 Å². The van der Waals surface area contributed by atoms with E-state index in [1.807, 2.05) is 24.3 Å². The van der Waals surface area contributed by atoms with Gasteiger partial charge in [-0.3, -0.25) is 9.78 Å². The lowest BCUT2D eigenvalue weighted by Gasteiger charge is -2.41. The van der Waals surface area contributed by atoms with Gasteiger partial charge in [0.1, 0.15) is 5.75 Å². The fourth-order valence-electron chi connectivity index (χ4n) is 5.62. The number of methoxy groups -OCH3 is 1. The normalized spacial score (nSPS) is 16.5. The lowest BCUT2D eigenvalue weighted by Crippen LogP contribution is -2.41. The molecule has 4 rings (SSSR count). The molecule has 0 bridgehead atoms. The minimum atomic E-state index is -0.813. The Kier molecular flexibility index (Phi) is 9.41. The Morgan fingerprint density at radius 3 is 2.62 bits per heavy atom. The number of hydrogen-bond donors (Lipinski definition) is 2. The Balaban J connectivity index is 1.35. The van der Waals surface area contributed by atoms with E-state index in [1.54, 1.807) is 13.3 Å². The van der Waals surface area contributed by atoms with Gasteiger partial charge >= 0.3 is 5.97 Å². The van der Waals surface area contributed by atoms with Crippen LogP contribution in [0.3, 0.4) is 0 Å². The molecule has 6 nitrogen and oxygen atoms in total. The SMILES string of the molecule is COc1ccc2ncc(Cl)c(C(O)CCC3(CC(=O)O)CCN(CCCCc4ccccc4)CC3)c2c1. The third kappa shape index (κ3) is 7.22. The van der Waals surface area contributed by atoms with Crippen LogP contribution in [0, 0.1) is 5.41 Å². The molecule has 7 heteroatoms. The number of aliphatic carboxylic acids is 1. The van der Waals surface area contributed by atoms with Crippen molar-refractivity contribution in [2.24, 2.45) is 5.41 Å². The monoisotopic (exact) mass is 524 g/mol. The number of aryl methyl sites for hydroxylation is 1. The summed E-state index contributed by atoms with van der Waals surface area (Å²) in [6.45, 7) is 2.83. The maximum atomic E-state index is 11.8. The van der Waals surface area contributed by atoms with Gasteiger partial charge in [0, 0.05) is 17.1 Å². The van der Waals surface area contributed by atoms with Gasteiger partial charge in [0.15, 0.2) is 0 Å². The van der Waals surface area contributed by atoms with E-state index in [4.69, 9.17) is 16.3 Å². The molecule has 0 saturated carbocycles. The van der Waals surface area contributed by atoms with Crippen LogP contribution in [0.1, 0.15) is 62.2 Å². The Hall–Kier alpha value is -2.67. The molecule has 2 heterocycles. The predicted octanol–water partition coefficient (Wildman–Crippen LogP) is 6.29. The fraction of sp³-hybridized carbons (Fsp3) is 0.467. The van der Waals surface area contributed by atoms with E-state index >= 15 is 0 Å². The minimum Gasteiger partial charge on any atom is -0.497 e. The topological polar surface area (TPSA) is 82.9 Å². The highest BCUT2D eigenvalue weighted by Crippen LogP contribution is 2.43. The van der Waals surface area contributed by atoms with Crippen molar-refractivity contribution in [1.82, 2.24) is 9.88 Å². The van der Waals surface area contributed by atoms with Crippen LogP contribution in [0.4, 0.5) is 0 Å². The number of carboxylic acids is 1. The van der Waals surface area contributed by atoms with Crippen molar-refractivity contribution in [2.75, 3.05) is 26.7 Å². The lowest BCUT2D eigenvalue weighted by molar-refractivity contribution is -0.141. The van der Waals surface area contributed by atoms with E-state index in [9.17, 15) is 15.0 Å². The molecule has 0 amide bonds. The summed E-state index contributed by atoms with van der Waals surface area (Å²) in [5.41, 5.74) is 2.42. The molecule has 1 unspecified atom stereocenters. The molecule has 1 aliphatic heterocycles. The van der Waals surface area contributed by atoms with E-state index in [0.29, 0.717) is 29.2 Å². The maximum absolute atomic E-state index is 11.8.